The number of nitrogens with one attached hydrogen (secondary N) is 1. The first kappa shape index (κ1) is 19.0. The van der Waals surface area contributed by atoms with Crippen LogP contribution in [0.15, 0.2) is 47.4 Å². The lowest BCUT2D eigenvalue weighted by atomic mass is 10.1. The molecule has 0 radical (unpaired) electrons. The van der Waals surface area contributed by atoms with Gasteiger partial charge in [-0.25, -0.2) is 8.42 Å². The van der Waals surface area contributed by atoms with Crippen molar-refractivity contribution >= 4 is 21.6 Å². The second-order valence-electron chi connectivity index (χ2n) is 8.08. The highest BCUT2D eigenvalue weighted by atomic mass is 32.2. The summed E-state index contributed by atoms with van der Waals surface area (Å²) in [4.78, 5) is 15.3. The number of aryl methyl sites for hydroxylation is 2. The third-order valence-corrected chi connectivity index (χ3v) is 6.80. The van der Waals surface area contributed by atoms with Crippen LogP contribution in [0.5, 0.6) is 0 Å². The Morgan fingerprint density at radius 3 is 2.46 bits per heavy atom. The molecule has 0 atom stereocenters. The predicted octanol–water partition coefficient (Wildman–Crippen LogP) is 4.12. The highest BCUT2D eigenvalue weighted by Gasteiger charge is 2.37. The molecule has 28 heavy (non-hydrogen) atoms. The highest BCUT2D eigenvalue weighted by molar-refractivity contribution is 7.92. The Hall–Kier alpha value is -2.34. The largest absolute Gasteiger partial charge is 0.335 e. The molecule has 2 aliphatic carbocycles. The van der Waals surface area contributed by atoms with Gasteiger partial charge in [0, 0.05) is 23.8 Å². The van der Waals surface area contributed by atoms with Crippen molar-refractivity contribution in [2.75, 3.05) is 11.3 Å². The van der Waals surface area contributed by atoms with Crippen LogP contribution < -0.4 is 4.72 Å². The molecule has 4 rings (SSSR count). The SMILES string of the molecule is Cc1cccc(NS(=O)(=O)c2ccc(C)c(C(=O)N(CC3CC3)C3CC3)c2)c1. The van der Waals surface area contributed by atoms with Gasteiger partial charge in [-0.2, -0.15) is 0 Å². The molecule has 2 aliphatic rings. The molecule has 0 spiro atoms. The summed E-state index contributed by atoms with van der Waals surface area (Å²) in [6.07, 6.45) is 4.46. The van der Waals surface area contributed by atoms with Gasteiger partial charge in [0.05, 0.1) is 4.90 Å². The average Bonchev–Trinajstić information content (AvgIpc) is 3.53. The third-order valence-electron chi connectivity index (χ3n) is 5.42. The lowest BCUT2D eigenvalue weighted by Crippen LogP contribution is -2.35. The summed E-state index contributed by atoms with van der Waals surface area (Å²) in [6.45, 7) is 4.56. The molecule has 1 N–H and O–H groups in total. The topological polar surface area (TPSA) is 66.5 Å². The van der Waals surface area contributed by atoms with Gasteiger partial charge in [-0.3, -0.25) is 9.52 Å². The summed E-state index contributed by atoms with van der Waals surface area (Å²) in [5.74, 6) is 0.569. The zero-order valence-electron chi connectivity index (χ0n) is 16.3. The van der Waals surface area contributed by atoms with E-state index >= 15 is 0 Å². The van der Waals surface area contributed by atoms with Crippen molar-refractivity contribution in [3.05, 3.63) is 59.2 Å². The van der Waals surface area contributed by atoms with Gasteiger partial charge in [0.25, 0.3) is 15.9 Å². The van der Waals surface area contributed by atoms with E-state index in [1.54, 1.807) is 24.3 Å². The van der Waals surface area contributed by atoms with Crippen molar-refractivity contribution < 1.29 is 13.2 Å². The monoisotopic (exact) mass is 398 g/mol. The van der Waals surface area contributed by atoms with Crippen LogP contribution in [0.4, 0.5) is 5.69 Å². The van der Waals surface area contributed by atoms with Gasteiger partial charge in [-0.05, 0) is 80.8 Å². The van der Waals surface area contributed by atoms with Crippen LogP contribution in [-0.4, -0.2) is 31.8 Å². The molecule has 2 saturated carbocycles. The second kappa shape index (κ2) is 7.24. The van der Waals surface area contributed by atoms with E-state index in [0.29, 0.717) is 23.2 Å². The van der Waals surface area contributed by atoms with E-state index in [0.717, 1.165) is 30.5 Å². The number of hydrogen-bond acceptors (Lipinski definition) is 3. The molecule has 0 unspecified atom stereocenters. The van der Waals surface area contributed by atoms with Crippen molar-refractivity contribution in [2.45, 2.75) is 50.5 Å². The Kier molecular flexibility index (Phi) is 4.91. The van der Waals surface area contributed by atoms with Crippen LogP contribution >= 0.6 is 0 Å². The van der Waals surface area contributed by atoms with E-state index in [1.807, 2.05) is 30.9 Å². The molecule has 0 aromatic heterocycles. The zero-order chi connectivity index (χ0) is 19.9. The van der Waals surface area contributed by atoms with Gasteiger partial charge in [-0.15, -0.1) is 0 Å². The van der Waals surface area contributed by atoms with Crippen LogP contribution in [0.3, 0.4) is 0 Å². The summed E-state index contributed by atoms with van der Waals surface area (Å²) in [5.41, 5.74) is 2.78. The van der Waals surface area contributed by atoms with Gasteiger partial charge in [0.1, 0.15) is 0 Å². The number of amides is 1. The number of hydrogen-bond donors (Lipinski definition) is 1. The van der Waals surface area contributed by atoms with E-state index < -0.39 is 10.0 Å². The van der Waals surface area contributed by atoms with E-state index in [1.165, 1.54) is 18.9 Å². The molecule has 6 heteroatoms. The van der Waals surface area contributed by atoms with Crippen molar-refractivity contribution in [3.8, 4) is 0 Å². The summed E-state index contributed by atoms with van der Waals surface area (Å²) in [5, 5.41) is 0. The van der Waals surface area contributed by atoms with Crippen molar-refractivity contribution in [1.29, 1.82) is 0 Å². The maximum atomic E-state index is 13.2. The van der Waals surface area contributed by atoms with Gasteiger partial charge in [0.15, 0.2) is 0 Å². The fraction of sp³-hybridized carbons (Fsp3) is 0.409. The lowest BCUT2D eigenvalue weighted by molar-refractivity contribution is 0.0734. The van der Waals surface area contributed by atoms with Gasteiger partial charge in [-0.1, -0.05) is 18.2 Å². The number of sulfonamides is 1. The van der Waals surface area contributed by atoms with E-state index in [4.69, 9.17) is 0 Å². The molecular weight excluding hydrogens is 372 g/mol. The molecule has 2 aromatic carbocycles. The van der Waals surface area contributed by atoms with Gasteiger partial charge in [0.2, 0.25) is 0 Å². The minimum Gasteiger partial charge on any atom is -0.335 e. The van der Waals surface area contributed by atoms with E-state index in [-0.39, 0.29) is 10.8 Å². The Bertz CT molecular complexity index is 1010. The third kappa shape index (κ3) is 4.22. The molecule has 1 amide bonds. The Morgan fingerprint density at radius 1 is 1.07 bits per heavy atom. The Morgan fingerprint density at radius 2 is 1.82 bits per heavy atom. The van der Waals surface area contributed by atoms with Crippen LogP contribution in [0.1, 0.15) is 47.2 Å². The van der Waals surface area contributed by atoms with Crippen LogP contribution in [0.2, 0.25) is 0 Å². The lowest BCUT2D eigenvalue weighted by Gasteiger charge is -2.23. The molecule has 2 aromatic rings. The van der Waals surface area contributed by atoms with Crippen molar-refractivity contribution in [2.24, 2.45) is 5.92 Å². The fourth-order valence-corrected chi connectivity index (χ4v) is 4.51. The minimum absolute atomic E-state index is 0.0421. The normalized spacial score (nSPS) is 16.6. The predicted molar refractivity (Wildman–Crippen MR) is 110 cm³/mol. The fourth-order valence-electron chi connectivity index (χ4n) is 3.44. The van der Waals surface area contributed by atoms with Crippen molar-refractivity contribution in [1.82, 2.24) is 4.90 Å². The summed E-state index contributed by atoms with van der Waals surface area (Å²) >= 11 is 0. The number of carbonyl (C=O) groups excluding carboxylic acids is 1. The molecule has 148 valence electrons. The van der Waals surface area contributed by atoms with Gasteiger partial charge >= 0.3 is 0 Å². The first-order chi connectivity index (χ1) is 13.3. The average molecular weight is 399 g/mol. The summed E-state index contributed by atoms with van der Waals surface area (Å²) in [6, 6.07) is 12.3. The Balaban J connectivity index is 1.61. The van der Waals surface area contributed by atoms with Crippen molar-refractivity contribution in [3.63, 3.8) is 0 Å². The molecule has 0 saturated heterocycles. The Labute approximate surface area is 166 Å². The highest BCUT2D eigenvalue weighted by Crippen LogP contribution is 2.36. The molecule has 0 bridgehead atoms. The van der Waals surface area contributed by atoms with Crippen LogP contribution in [-0.2, 0) is 10.0 Å². The standard InChI is InChI=1S/C22H26N2O3S/c1-15-4-3-5-18(12-15)23-28(26,27)20-11-6-16(2)21(13-20)22(25)24(19-9-10-19)14-17-7-8-17/h3-6,11-13,17,19,23H,7-10,14H2,1-2H3. The first-order valence-electron chi connectivity index (χ1n) is 9.84. The molecule has 5 nitrogen and oxygen atoms in total. The number of nitrogens with zero attached hydrogens (tertiary/aromatic N) is 1. The maximum absolute atomic E-state index is 13.2. The quantitative estimate of drug-likeness (QED) is 0.763. The smallest absolute Gasteiger partial charge is 0.261 e. The number of anilines is 1. The second-order valence-corrected chi connectivity index (χ2v) is 9.77. The maximum Gasteiger partial charge on any atom is 0.261 e. The summed E-state index contributed by atoms with van der Waals surface area (Å²) in [7, 11) is -3.76. The molecule has 0 heterocycles. The molecular formula is C22H26N2O3S. The zero-order valence-corrected chi connectivity index (χ0v) is 17.1. The number of benzene rings is 2. The van der Waals surface area contributed by atoms with Gasteiger partial charge < -0.3 is 4.90 Å². The molecule has 2 fully saturated rings. The van der Waals surface area contributed by atoms with E-state index in [2.05, 4.69) is 4.72 Å². The van der Waals surface area contributed by atoms with E-state index in [9.17, 15) is 13.2 Å². The first-order valence-corrected chi connectivity index (χ1v) is 11.3. The van der Waals surface area contributed by atoms with Crippen LogP contribution in [0, 0.1) is 19.8 Å². The van der Waals surface area contributed by atoms with Crippen LogP contribution in [0.25, 0.3) is 0 Å². The summed E-state index contributed by atoms with van der Waals surface area (Å²) < 4.78 is 28.3. The number of carbonyl (C=O) groups is 1. The minimum atomic E-state index is -3.76. The molecule has 0 aliphatic heterocycles. The number of rotatable bonds is 7.